The smallest absolute Gasteiger partial charge is 0.254 e. The van der Waals surface area contributed by atoms with Gasteiger partial charge in [-0.05, 0) is 24.3 Å². The molecule has 1 amide bonds. The monoisotopic (exact) mass is 288 g/mol. The Balaban J connectivity index is 2.18. The zero-order valence-electron chi connectivity index (χ0n) is 12.0. The number of carbonyl (C=O) groups excluding carboxylic acids is 1. The Morgan fingerprint density at radius 3 is 2.67 bits per heavy atom. The van der Waals surface area contributed by atoms with Crippen LogP contribution in [0.25, 0.3) is 0 Å². The molecule has 110 valence electrons. The zero-order valence-corrected chi connectivity index (χ0v) is 12.0. The molecule has 2 aromatic carbocycles. The second kappa shape index (κ2) is 6.26. The SMILES string of the molecule is COc1cc(C(=O)N(C)Cc2ccccc2F)ccc1N. The van der Waals surface area contributed by atoms with Gasteiger partial charge in [0.25, 0.3) is 5.91 Å². The van der Waals surface area contributed by atoms with Gasteiger partial charge in [0, 0.05) is 24.7 Å². The van der Waals surface area contributed by atoms with E-state index in [4.69, 9.17) is 10.5 Å². The topological polar surface area (TPSA) is 55.6 Å². The predicted octanol–water partition coefficient (Wildman–Crippen LogP) is 2.69. The second-order valence-electron chi connectivity index (χ2n) is 4.71. The summed E-state index contributed by atoms with van der Waals surface area (Å²) in [4.78, 5) is 13.8. The standard InChI is InChI=1S/C16H17FN2O2/c1-19(10-12-5-3-4-6-13(12)17)16(20)11-7-8-14(18)15(9-11)21-2/h3-9H,10,18H2,1-2H3. The molecule has 5 heteroatoms. The van der Waals surface area contributed by atoms with E-state index in [1.165, 1.54) is 18.1 Å². The number of anilines is 1. The van der Waals surface area contributed by atoms with Crippen molar-refractivity contribution in [3.8, 4) is 5.75 Å². The number of nitrogen functional groups attached to an aromatic ring is 1. The largest absolute Gasteiger partial charge is 0.495 e. The van der Waals surface area contributed by atoms with Crippen molar-refractivity contribution in [2.45, 2.75) is 6.54 Å². The lowest BCUT2D eigenvalue weighted by molar-refractivity contribution is 0.0783. The number of benzene rings is 2. The van der Waals surface area contributed by atoms with E-state index in [1.807, 2.05) is 0 Å². The number of hydrogen-bond donors (Lipinski definition) is 1. The third-order valence-electron chi connectivity index (χ3n) is 3.19. The van der Waals surface area contributed by atoms with Crippen LogP contribution in [0.3, 0.4) is 0 Å². The Morgan fingerprint density at radius 2 is 2.00 bits per heavy atom. The molecular weight excluding hydrogens is 271 g/mol. The molecule has 2 N–H and O–H groups in total. The summed E-state index contributed by atoms with van der Waals surface area (Å²) in [5.41, 5.74) is 7.10. The van der Waals surface area contributed by atoms with Crippen LogP contribution in [0, 0.1) is 5.82 Å². The van der Waals surface area contributed by atoms with Gasteiger partial charge in [0.1, 0.15) is 11.6 Å². The van der Waals surface area contributed by atoms with Gasteiger partial charge in [0.2, 0.25) is 0 Å². The zero-order chi connectivity index (χ0) is 15.4. The van der Waals surface area contributed by atoms with E-state index in [9.17, 15) is 9.18 Å². The molecule has 0 radical (unpaired) electrons. The number of rotatable bonds is 4. The maximum absolute atomic E-state index is 13.6. The summed E-state index contributed by atoms with van der Waals surface area (Å²) >= 11 is 0. The van der Waals surface area contributed by atoms with Gasteiger partial charge in [-0.3, -0.25) is 4.79 Å². The molecular formula is C16H17FN2O2. The molecule has 0 saturated carbocycles. The van der Waals surface area contributed by atoms with Crippen LogP contribution in [0.1, 0.15) is 15.9 Å². The Morgan fingerprint density at radius 1 is 1.29 bits per heavy atom. The molecule has 0 atom stereocenters. The number of nitrogens with two attached hydrogens (primary N) is 1. The number of carbonyl (C=O) groups is 1. The fourth-order valence-electron chi connectivity index (χ4n) is 2.02. The molecule has 0 heterocycles. The van der Waals surface area contributed by atoms with Crippen LogP contribution in [0.15, 0.2) is 42.5 Å². The lowest BCUT2D eigenvalue weighted by Gasteiger charge is -2.18. The van der Waals surface area contributed by atoms with Crippen molar-refractivity contribution in [3.05, 3.63) is 59.4 Å². The fraction of sp³-hybridized carbons (Fsp3) is 0.188. The van der Waals surface area contributed by atoms with Crippen molar-refractivity contribution in [2.75, 3.05) is 19.9 Å². The van der Waals surface area contributed by atoms with Crippen molar-refractivity contribution < 1.29 is 13.9 Å². The molecule has 4 nitrogen and oxygen atoms in total. The first-order valence-corrected chi connectivity index (χ1v) is 6.45. The van der Waals surface area contributed by atoms with Crippen molar-refractivity contribution in [1.82, 2.24) is 4.90 Å². The molecule has 0 aliphatic rings. The van der Waals surface area contributed by atoms with Crippen LogP contribution < -0.4 is 10.5 Å². The number of methoxy groups -OCH3 is 1. The highest BCUT2D eigenvalue weighted by atomic mass is 19.1. The van der Waals surface area contributed by atoms with Crippen LogP contribution >= 0.6 is 0 Å². The first-order chi connectivity index (χ1) is 10.0. The van der Waals surface area contributed by atoms with Gasteiger partial charge in [-0.15, -0.1) is 0 Å². The molecule has 0 aromatic heterocycles. The second-order valence-corrected chi connectivity index (χ2v) is 4.71. The first-order valence-electron chi connectivity index (χ1n) is 6.45. The maximum atomic E-state index is 13.6. The summed E-state index contributed by atoms with van der Waals surface area (Å²) in [5, 5.41) is 0. The van der Waals surface area contributed by atoms with E-state index in [0.29, 0.717) is 22.6 Å². The van der Waals surface area contributed by atoms with Crippen LogP contribution in [0.2, 0.25) is 0 Å². The molecule has 0 saturated heterocycles. The molecule has 21 heavy (non-hydrogen) atoms. The Kier molecular flexibility index (Phi) is 4.42. The number of hydrogen-bond acceptors (Lipinski definition) is 3. The molecule has 0 aliphatic carbocycles. The fourth-order valence-corrected chi connectivity index (χ4v) is 2.02. The Hall–Kier alpha value is -2.56. The minimum atomic E-state index is -0.327. The lowest BCUT2D eigenvalue weighted by Crippen LogP contribution is -2.26. The van der Waals surface area contributed by atoms with E-state index in [0.717, 1.165) is 0 Å². The summed E-state index contributed by atoms with van der Waals surface area (Å²) in [5.74, 6) is -0.108. The molecule has 0 bridgehead atoms. The van der Waals surface area contributed by atoms with Gasteiger partial charge in [-0.2, -0.15) is 0 Å². The molecule has 0 unspecified atom stereocenters. The third-order valence-corrected chi connectivity index (χ3v) is 3.19. The summed E-state index contributed by atoms with van der Waals surface area (Å²) in [6.45, 7) is 0.193. The van der Waals surface area contributed by atoms with Crippen LogP contribution in [-0.2, 0) is 6.54 Å². The van der Waals surface area contributed by atoms with Gasteiger partial charge in [-0.25, -0.2) is 4.39 Å². The summed E-state index contributed by atoms with van der Waals surface area (Å²) in [6.07, 6.45) is 0. The van der Waals surface area contributed by atoms with Crippen molar-refractivity contribution >= 4 is 11.6 Å². The highest BCUT2D eigenvalue weighted by molar-refractivity contribution is 5.95. The highest BCUT2D eigenvalue weighted by Crippen LogP contribution is 2.23. The quantitative estimate of drug-likeness (QED) is 0.880. The summed E-state index contributed by atoms with van der Waals surface area (Å²) in [6, 6.07) is 11.2. The average molecular weight is 288 g/mol. The summed E-state index contributed by atoms with van der Waals surface area (Å²) < 4.78 is 18.7. The molecule has 2 aromatic rings. The maximum Gasteiger partial charge on any atom is 0.254 e. The predicted molar refractivity (Wildman–Crippen MR) is 79.6 cm³/mol. The summed E-state index contributed by atoms with van der Waals surface area (Å²) in [7, 11) is 3.11. The number of ether oxygens (including phenoxy) is 1. The van der Waals surface area contributed by atoms with Crippen molar-refractivity contribution in [1.29, 1.82) is 0 Å². The van der Waals surface area contributed by atoms with Gasteiger partial charge in [0.15, 0.2) is 0 Å². The van der Waals surface area contributed by atoms with Crippen LogP contribution in [0.5, 0.6) is 5.75 Å². The number of halogens is 1. The van der Waals surface area contributed by atoms with Crippen molar-refractivity contribution in [3.63, 3.8) is 0 Å². The average Bonchev–Trinajstić information content (AvgIpc) is 2.49. The molecule has 0 aliphatic heterocycles. The minimum Gasteiger partial charge on any atom is -0.495 e. The third kappa shape index (κ3) is 3.31. The number of nitrogens with zero attached hydrogens (tertiary/aromatic N) is 1. The molecule has 0 spiro atoms. The van der Waals surface area contributed by atoms with Gasteiger partial charge < -0.3 is 15.4 Å². The lowest BCUT2D eigenvalue weighted by atomic mass is 10.1. The van der Waals surface area contributed by atoms with E-state index in [1.54, 1.807) is 43.4 Å². The first kappa shape index (κ1) is 14.8. The number of amides is 1. The van der Waals surface area contributed by atoms with Gasteiger partial charge in [0.05, 0.1) is 12.8 Å². The molecule has 2 rings (SSSR count). The van der Waals surface area contributed by atoms with E-state index in [2.05, 4.69) is 0 Å². The van der Waals surface area contributed by atoms with Crippen LogP contribution in [0.4, 0.5) is 10.1 Å². The van der Waals surface area contributed by atoms with E-state index < -0.39 is 0 Å². The minimum absolute atomic E-state index is 0.193. The van der Waals surface area contributed by atoms with Crippen LogP contribution in [-0.4, -0.2) is 25.0 Å². The molecule has 0 fully saturated rings. The van der Waals surface area contributed by atoms with Crippen molar-refractivity contribution in [2.24, 2.45) is 0 Å². The van der Waals surface area contributed by atoms with E-state index >= 15 is 0 Å². The van der Waals surface area contributed by atoms with Gasteiger partial charge >= 0.3 is 0 Å². The van der Waals surface area contributed by atoms with Gasteiger partial charge in [-0.1, -0.05) is 18.2 Å². The Labute approximate surface area is 122 Å². The normalized spacial score (nSPS) is 10.2. The highest BCUT2D eigenvalue weighted by Gasteiger charge is 2.15. The Bertz CT molecular complexity index is 658. The van der Waals surface area contributed by atoms with E-state index in [-0.39, 0.29) is 18.3 Å².